The lowest BCUT2D eigenvalue weighted by atomic mass is 9.92. The van der Waals surface area contributed by atoms with Gasteiger partial charge in [-0.2, -0.15) is 5.10 Å². The molecule has 1 saturated carbocycles. The normalized spacial score (nSPS) is 28.2. The summed E-state index contributed by atoms with van der Waals surface area (Å²) in [6.07, 6.45) is 2.95. The standard InChI is InChI=1S/C13H18N4O3/c1-20-11-4-10(5-14-16-11)17-6-8-2-3-9(7-17)12(8)15-13(18)19/h4-5,8-9,12,15H,2-3,6-7H2,1H3,(H,18,19)/t8-,9+,12+. The molecule has 108 valence electrons. The van der Waals surface area contributed by atoms with Crippen LogP contribution < -0.4 is 15.0 Å². The predicted octanol–water partition coefficient (Wildman–Crippen LogP) is 0.968. The number of fused-ring (bicyclic) bond motifs is 2. The van der Waals surface area contributed by atoms with Gasteiger partial charge in [-0.1, -0.05) is 0 Å². The van der Waals surface area contributed by atoms with E-state index in [1.54, 1.807) is 13.3 Å². The predicted molar refractivity (Wildman–Crippen MR) is 72.0 cm³/mol. The Balaban J connectivity index is 1.74. The molecular weight excluding hydrogens is 260 g/mol. The van der Waals surface area contributed by atoms with Crippen molar-refractivity contribution in [1.82, 2.24) is 15.5 Å². The molecule has 2 N–H and O–H groups in total. The molecule has 0 spiro atoms. The van der Waals surface area contributed by atoms with Gasteiger partial charge in [-0.25, -0.2) is 4.79 Å². The van der Waals surface area contributed by atoms with Crippen molar-refractivity contribution in [2.45, 2.75) is 18.9 Å². The van der Waals surface area contributed by atoms with Crippen LogP contribution in [0.2, 0.25) is 0 Å². The number of rotatable bonds is 3. The second kappa shape index (κ2) is 5.15. The Kier molecular flexibility index (Phi) is 3.33. The summed E-state index contributed by atoms with van der Waals surface area (Å²) in [5.74, 6) is 1.23. The van der Waals surface area contributed by atoms with Gasteiger partial charge in [-0.15, -0.1) is 5.10 Å². The van der Waals surface area contributed by atoms with Crippen LogP contribution in [0.5, 0.6) is 5.88 Å². The largest absolute Gasteiger partial charge is 0.480 e. The molecule has 2 aliphatic rings. The molecule has 1 aromatic heterocycles. The summed E-state index contributed by atoms with van der Waals surface area (Å²) in [6, 6.07) is 1.96. The fourth-order valence-corrected chi connectivity index (χ4v) is 3.42. The summed E-state index contributed by atoms with van der Waals surface area (Å²) >= 11 is 0. The maximum absolute atomic E-state index is 10.9. The van der Waals surface area contributed by atoms with E-state index in [9.17, 15) is 4.79 Å². The van der Waals surface area contributed by atoms with Gasteiger partial charge in [0.05, 0.1) is 19.0 Å². The van der Waals surface area contributed by atoms with E-state index in [0.29, 0.717) is 17.7 Å². The van der Waals surface area contributed by atoms with E-state index in [4.69, 9.17) is 9.84 Å². The van der Waals surface area contributed by atoms with E-state index in [0.717, 1.165) is 31.6 Å². The Hall–Kier alpha value is -2.05. The molecule has 0 unspecified atom stereocenters. The fraction of sp³-hybridized carbons (Fsp3) is 0.615. The Morgan fingerprint density at radius 2 is 2.15 bits per heavy atom. The van der Waals surface area contributed by atoms with Gasteiger partial charge in [0.1, 0.15) is 0 Å². The Morgan fingerprint density at radius 1 is 1.45 bits per heavy atom. The Labute approximate surface area is 116 Å². The molecule has 1 aliphatic carbocycles. The Morgan fingerprint density at radius 3 is 2.75 bits per heavy atom. The zero-order valence-corrected chi connectivity index (χ0v) is 11.3. The van der Waals surface area contributed by atoms with Gasteiger partial charge in [0.15, 0.2) is 0 Å². The number of nitrogens with zero attached hydrogens (tertiary/aromatic N) is 3. The number of carbonyl (C=O) groups is 1. The number of hydrogen-bond acceptors (Lipinski definition) is 5. The first-order chi connectivity index (χ1) is 9.67. The van der Waals surface area contributed by atoms with Crippen molar-refractivity contribution < 1.29 is 14.6 Å². The molecule has 20 heavy (non-hydrogen) atoms. The summed E-state index contributed by atoms with van der Waals surface area (Å²) in [5, 5.41) is 19.4. The number of piperidine rings is 1. The Bertz CT molecular complexity index is 496. The van der Waals surface area contributed by atoms with Crippen LogP contribution in [0.25, 0.3) is 0 Å². The molecule has 1 aliphatic heterocycles. The van der Waals surface area contributed by atoms with Crippen molar-refractivity contribution >= 4 is 11.8 Å². The number of carboxylic acid groups (broad SMARTS) is 1. The van der Waals surface area contributed by atoms with Gasteiger partial charge >= 0.3 is 6.09 Å². The van der Waals surface area contributed by atoms with Crippen LogP contribution in [0, 0.1) is 11.8 Å². The van der Waals surface area contributed by atoms with E-state index < -0.39 is 6.09 Å². The van der Waals surface area contributed by atoms with Crippen molar-refractivity contribution in [3.05, 3.63) is 12.3 Å². The number of nitrogens with one attached hydrogen (secondary N) is 1. The molecule has 7 heteroatoms. The lowest BCUT2D eigenvalue weighted by molar-refractivity contribution is 0.178. The van der Waals surface area contributed by atoms with Crippen molar-refractivity contribution in [1.29, 1.82) is 0 Å². The lowest BCUT2D eigenvalue weighted by Crippen LogP contribution is -2.52. The van der Waals surface area contributed by atoms with Crippen molar-refractivity contribution in [3.8, 4) is 5.88 Å². The maximum atomic E-state index is 10.9. The van der Waals surface area contributed by atoms with Crippen molar-refractivity contribution in [2.24, 2.45) is 11.8 Å². The van der Waals surface area contributed by atoms with Crippen LogP contribution in [0.1, 0.15) is 12.8 Å². The van der Waals surface area contributed by atoms with Crippen LogP contribution in [0.3, 0.4) is 0 Å². The minimum Gasteiger partial charge on any atom is -0.480 e. The van der Waals surface area contributed by atoms with Gasteiger partial charge in [0.2, 0.25) is 5.88 Å². The molecule has 0 radical (unpaired) electrons. The maximum Gasteiger partial charge on any atom is 0.404 e. The van der Waals surface area contributed by atoms with E-state index in [-0.39, 0.29) is 6.04 Å². The highest BCUT2D eigenvalue weighted by Crippen LogP contribution is 2.38. The van der Waals surface area contributed by atoms with E-state index in [1.165, 1.54) is 0 Å². The summed E-state index contributed by atoms with van der Waals surface area (Å²) in [5.41, 5.74) is 0.988. The third-order valence-corrected chi connectivity index (χ3v) is 4.32. The number of aromatic nitrogens is 2. The van der Waals surface area contributed by atoms with Gasteiger partial charge in [0.25, 0.3) is 0 Å². The summed E-state index contributed by atoms with van der Waals surface area (Å²) in [4.78, 5) is 13.1. The van der Waals surface area contributed by atoms with Crippen LogP contribution in [-0.4, -0.2) is 47.6 Å². The highest BCUT2D eigenvalue weighted by Gasteiger charge is 2.42. The monoisotopic (exact) mass is 278 g/mol. The number of methoxy groups -OCH3 is 1. The summed E-state index contributed by atoms with van der Waals surface area (Å²) in [7, 11) is 1.57. The van der Waals surface area contributed by atoms with E-state index in [1.807, 2.05) is 6.07 Å². The third-order valence-electron chi connectivity index (χ3n) is 4.32. The van der Waals surface area contributed by atoms with Crippen molar-refractivity contribution in [2.75, 3.05) is 25.1 Å². The molecule has 1 saturated heterocycles. The average Bonchev–Trinajstić information content (AvgIpc) is 2.69. The van der Waals surface area contributed by atoms with Gasteiger partial charge in [-0.3, -0.25) is 0 Å². The molecule has 3 rings (SSSR count). The second-order valence-corrected chi connectivity index (χ2v) is 5.43. The highest BCUT2D eigenvalue weighted by atomic mass is 16.5. The second-order valence-electron chi connectivity index (χ2n) is 5.43. The third kappa shape index (κ3) is 2.35. The molecular formula is C13H18N4O3. The van der Waals surface area contributed by atoms with Gasteiger partial charge in [0, 0.05) is 25.2 Å². The number of anilines is 1. The van der Waals surface area contributed by atoms with Gasteiger partial charge < -0.3 is 20.1 Å². The fourth-order valence-electron chi connectivity index (χ4n) is 3.42. The first-order valence-corrected chi connectivity index (χ1v) is 6.78. The van der Waals surface area contributed by atoms with Crippen LogP contribution in [0.15, 0.2) is 12.3 Å². The smallest absolute Gasteiger partial charge is 0.404 e. The van der Waals surface area contributed by atoms with E-state index >= 15 is 0 Å². The molecule has 3 atom stereocenters. The SMILES string of the molecule is COc1cc(N2C[C@H]3CC[C@@H](C2)[C@H]3NC(=O)O)cnn1. The molecule has 2 bridgehead atoms. The molecule has 0 aromatic carbocycles. The minimum atomic E-state index is -0.924. The first-order valence-electron chi connectivity index (χ1n) is 6.78. The summed E-state index contributed by atoms with van der Waals surface area (Å²) in [6.45, 7) is 1.69. The molecule has 1 aromatic rings. The molecule has 2 heterocycles. The number of amides is 1. The molecule has 7 nitrogen and oxygen atoms in total. The van der Waals surface area contributed by atoms with Crippen molar-refractivity contribution in [3.63, 3.8) is 0 Å². The highest BCUT2D eigenvalue weighted by molar-refractivity contribution is 5.65. The average molecular weight is 278 g/mol. The van der Waals surface area contributed by atoms with Crippen LogP contribution >= 0.6 is 0 Å². The number of ether oxygens (including phenoxy) is 1. The first kappa shape index (κ1) is 13.0. The quantitative estimate of drug-likeness (QED) is 0.856. The zero-order valence-electron chi connectivity index (χ0n) is 11.3. The van der Waals surface area contributed by atoms with E-state index in [2.05, 4.69) is 20.4 Å². The van der Waals surface area contributed by atoms with Crippen LogP contribution in [0.4, 0.5) is 10.5 Å². The molecule has 1 amide bonds. The lowest BCUT2D eigenvalue weighted by Gasteiger charge is -2.38. The van der Waals surface area contributed by atoms with Crippen LogP contribution in [-0.2, 0) is 0 Å². The zero-order chi connectivity index (χ0) is 14.1. The minimum absolute atomic E-state index is 0.0837. The topological polar surface area (TPSA) is 87.6 Å². The number of hydrogen-bond donors (Lipinski definition) is 2. The molecule has 2 fully saturated rings. The summed E-state index contributed by atoms with van der Waals surface area (Å²) < 4.78 is 5.10. The van der Waals surface area contributed by atoms with Gasteiger partial charge in [-0.05, 0) is 24.7 Å².